The fourth-order valence-electron chi connectivity index (χ4n) is 1.78. The van der Waals surface area contributed by atoms with E-state index in [0.717, 1.165) is 11.3 Å². The van der Waals surface area contributed by atoms with Crippen molar-refractivity contribution in [2.24, 2.45) is 0 Å². The number of carbonyl (C=O) groups is 1. The number of hydrogen-bond donors (Lipinski definition) is 1. The minimum absolute atomic E-state index is 0. The van der Waals surface area contributed by atoms with Crippen LogP contribution in [0.5, 0.6) is 0 Å². The Morgan fingerprint density at radius 2 is 2.00 bits per heavy atom. The standard InChI is InChI=1S/C11H10NO2.CH3.Y/c1-11(6-7-13)8-4-2-3-5-9(8)12-10(11)14;;/h2-5H,6H2,1H3,(H,12,14);1H3;/q2*-1;. The molecule has 1 aliphatic heterocycles. The quantitative estimate of drug-likeness (QED) is 0.846. The topological polar surface area (TPSA) is 46.2 Å². The first kappa shape index (κ1) is 15.5. The maximum Gasteiger partial charge on any atom is 0.232 e. The van der Waals surface area contributed by atoms with Gasteiger partial charge in [0.05, 0.1) is 0 Å². The van der Waals surface area contributed by atoms with E-state index in [0.29, 0.717) is 0 Å². The summed E-state index contributed by atoms with van der Waals surface area (Å²) in [6.45, 7) is 1.76. The largest absolute Gasteiger partial charge is 0.542 e. The zero-order valence-corrected chi connectivity index (χ0v) is 12.2. The van der Waals surface area contributed by atoms with Crippen molar-refractivity contribution < 1.29 is 42.3 Å². The molecule has 2 rings (SSSR count). The molecule has 16 heavy (non-hydrogen) atoms. The van der Waals surface area contributed by atoms with Gasteiger partial charge in [-0.05, 0) is 18.6 Å². The van der Waals surface area contributed by atoms with Gasteiger partial charge < -0.3 is 17.5 Å². The molecule has 1 aromatic rings. The molecule has 0 saturated heterocycles. The second-order valence-electron chi connectivity index (χ2n) is 3.65. The second-order valence-corrected chi connectivity index (χ2v) is 3.65. The van der Waals surface area contributed by atoms with Crippen molar-refractivity contribution in [3.8, 4) is 0 Å². The SMILES string of the molecule is CC1(C[C-]=O)C(=O)Nc2ccccc21.[CH3-].[Y]. The number of fused-ring (bicyclic) bond motifs is 1. The summed E-state index contributed by atoms with van der Waals surface area (Å²) < 4.78 is 0. The summed E-state index contributed by atoms with van der Waals surface area (Å²) in [4.78, 5) is 22.1. The van der Waals surface area contributed by atoms with E-state index in [1.54, 1.807) is 6.92 Å². The van der Waals surface area contributed by atoms with Crippen LogP contribution >= 0.6 is 0 Å². The zero-order chi connectivity index (χ0) is 10.2. The molecule has 3 nitrogen and oxygen atoms in total. The smallest absolute Gasteiger partial charge is 0.232 e. The monoisotopic (exact) mass is 292 g/mol. The molecular formula is C12H13NO2Y-2. The average molecular weight is 292 g/mol. The van der Waals surface area contributed by atoms with Gasteiger partial charge in [0.25, 0.3) is 0 Å². The maximum absolute atomic E-state index is 11.7. The predicted molar refractivity (Wildman–Crippen MR) is 59.1 cm³/mol. The van der Waals surface area contributed by atoms with Crippen LogP contribution < -0.4 is 5.32 Å². The van der Waals surface area contributed by atoms with Gasteiger partial charge in [0.1, 0.15) is 0 Å². The third-order valence-corrected chi connectivity index (χ3v) is 2.70. The van der Waals surface area contributed by atoms with Crippen molar-refractivity contribution in [1.82, 2.24) is 0 Å². The summed E-state index contributed by atoms with van der Waals surface area (Å²) in [5.74, 6) is -0.123. The van der Waals surface area contributed by atoms with Gasteiger partial charge in [0.15, 0.2) is 0 Å². The molecule has 4 heteroatoms. The summed E-state index contributed by atoms with van der Waals surface area (Å²) in [6.07, 6.45) is 1.92. The van der Waals surface area contributed by atoms with Crippen molar-refractivity contribution in [2.75, 3.05) is 5.32 Å². The van der Waals surface area contributed by atoms with Crippen LogP contribution in [0.15, 0.2) is 24.3 Å². The van der Waals surface area contributed by atoms with Crippen LogP contribution in [0, 0.1) is 7.43 Å². The van der Waals surface area contributed by atoms with Crippen LogP contribution in [0.1, 0.15) is 18.9 Å². The number of nitrogens with one attached hydrogen (secondary N) is 1. The van der Waals surface area contributed by atoms with Gasteiger partial charge in [-0.25, -0.2) is 0 Å². The molecule has 0 bridgehead atoms. The number of carbonyl (C=O) groups excluding carboxylic acids is 2. The first-order valence-corrected chi connectivity index (χ1v) is 4.44. The molecule has 1 heterocycles. The summed E-state index contributed by atoms with van der Waals surface area (Å²) >= 11 is 0. The molecule has 1 radical (unpaired) electrons. The van der Waals surface area contributed by atoms with Gasteiger partial charge in [0.2, 0.25) is 5.91 Å². The molecule has 1 aromatic carbocycles. The van der Waals surface area contributed by atoms with Crippen molar-refractivity contribution in [3.05, 3.63) is 37.3 Å². The average Bonchev–Trinajstić information content (AvgIpc) is 2.41. The van der Waals surface area contributed by atoms with E-state index in [-0.39, 0.29) is 52.5 Å². The zero-order valence-electron chi connectivity index (χ0n) is 9.41. The Morgan fingerprint density at radius 3 is 2.62 bits per heavy atom. The van der Waals surface area contributed by atoms with Crippen LogP contribution in [-0.4, -0.2) is 12.2 Å². The fraction of sp³-hybridized carbons (Fsp3) is 0.250. The Bertz CT molecular complexity index is 406. The van der Waals surface area contributed by atoms with E-state index >= 15 is 0 Å². The van der Waals surface area contributed by atoms with E-state index in [9.17, 15) is 9.59 Å². The van der Waals surface area contributed by atoms with Gasteiger partial charge >= 0.3 is 0 Å². The minimum atomic E-state index is -0.738. The van der Waals surface area contributed by atoms with Crippen LogP contribution in [0.2, 0.25) is 0 Å². The Balaban J connectivity index is 0.00000112. The first-order chi connectivity index (χ1) is 6.68. The van der Waals surface area contributed by atoms with Crippen molar-refractivity contribution in [2.45, 2.75) is 18.8 Å². The van der Waals surface area contributed by atoms with Crippen molar-refractivity contribution in [3.63, 3.8) is 0 Å². The molecule has 1 atom stereocenters. The molecule has 1 aliphatic rings. The summed E-state index contributed by atoms with van der Waals surface area (Å²) in [7, 11) is 0. The third kappa shape index (κ3) is 2.25. The number of anilines is 1. The molecule has 0 saturated carbocycles. The fourth-order valence-corrected chi connectivity index (χ4v) is 1.78. The molecular weight excluding hydrogens is 279 g/mol. The molecule has 0 aliphatic carbocycles. The van der Waals surface area contributed by atoms with Crippen LogP contribution in [0.4, 0.5) is 5.69 Å². The Kier molecular flexibility index (Phi) is 5.50. The van der Waals surface area contributed by atoms with E-state index in [2.05, 4.69) is 5.32 Å². The maximum atomic E-state index is 11.7. The Hall–Kier alpha value is -0.536. The molecule has 0 fully saturated rings. The van der Waals surface area contributed by atoms with Gasteiger partial charge in [-0.3, -0.25) is 11.1 Å². The normalized spacial score (nSPS) is 21.2. The Labute approximate surface area is 121 Å². The van der Waals surface area contributed by atoms with Gasteiger partial charge in [-0.2, -0.15) is 0 Å². The molecule has 1 N–H and O–H groups in total. The van der Waals surface area contributed by atoms with Crippen LogP contribution in [-0.2, 0) is 47.7 Å². The molecule has 0 spiro atoms. The minimum Gasteiger partial charge on any atom is -0.542 e. The van der Waals surface area contributed by atoms with Gasteiger partial charge in [-0.15, -0.1) is 6.42 Å². The number of hydrogen-bond acceptors (Lipinski definition) is 2. The van der Waals surface area contributed by atoms with Crippen LogP contribution in [0.3, 0.4) is 0 Å². The third-order valence-electron chi connectivity index (χ3n) is 2.70. The molecule has 0 aromatic heterocycles. The summed E-state index contributed by atoms with van der Waals surface area (Å²) in [5.41, 5.74) is 0.946. The number of amides is 1. The Morgan fingerprint density at radius 1 is 1.38 bits per heavy atom. The summed E-state index contributed by atoms with van der Waals surface area (Å²) in [5, 5.41) is 2.75. The van der Waals surface area contributed by atoms with E-state index in [1.165, 1.54) is 0 Å². The van der Waals surface area contributed by atoms with Crippen LogP contribution in [0.25, 0.3) is 0 Å². The second kappa shape index (κ2) is 5.69. The van der Waals surface area contributed by atoms with E-state index in [1.807, 2.05) is 30.6 Å². The predicted octanol–water partition coefficient (Wildman–Crippen LogP) is 1.84. The van der Waals surface area contributed by atoms with Gasteiger partial charge in [-0.1, -0.05) is 18.2 Å². The van der Waals surface area contributed by atoms with E-state index < -0.39 is 5.41 Å². The number of rotatable bonds is 2. The number of benzene rings is 1. The molecule has 1 unspecified atom stereocenters. The first-order valence-electron chi connectivity index (χ1n) is 4.44. The number of para-hydroxylation sites is 1. The summed E-state index contributed by atoms with van der Waals surface area (Å²) in [6, 6.07) is 7.42. The van der Waals surface area contributed by atoms with E-state index in [4.69, 9.17) is 0 Å². The van der Waals surface area contributed by atoms with Gasteiger partial charge in [0, 0.05) is 43.8 Å². The van der Waals surface area contributed by atoms with Crippen molar-refractivity contribution >= 4 is 17.9 Å². The molecule has 83 valence electrons. The van der Waals surface area contributed by atoms with Crippen molar-refractivity contribution in [1.29, 1.82) is 0 Å². The molecule has 1 amide bonds.